The Bertz CT molecular complexity index is 433. The summed E-state index contributed by atoms with van der Waals surface area (Å²) < 4.78 is 0. The van der Waals surface area contributed by atoms with Crippen LogP contribution >= 0.6 is 11.6 Å². The molecular weight excluding hydrogens is 236 g/mol. The fourth-order valence-electron chi connectivity index (χ4n) is 2.38. The standard InChI is InChI=1S/C13H17ClN2O/c1-8-2-3-9(6-8)16-10-4-5-12(14)11(7-10)13(15)17/h4-5,7-9,16H,2-3,6H2,1H3,(H2,15,17). The Balaban J connectivity index is 2.11. The Kier molecular flexibility index (Phi) is 3.57. The molecule has 1 saturated carbocycles. The third kappa shape index (κ3) is 2.91. The predicted molar refractivity (Wildman–Crippen MR) is 70.4 cm³/mol. The molecule has 0 aliphatic heterocycles. The number of hydrogen-bond acceptors (Lipinski definition) is 2. The summed E-state index contributed by atoms with van der Waals surface area (Å²) in [5.41, 5.74) is 6.56. The number of primary amides is 1. The largest absolute Gasteiger partial charge is 0.382 e. The SMILES string of the molecule is CC1CCC(Nc2ccc(Cl)c(C(N)=O)c2)C1. The molecule has 1 aliphatic rings. The molecule has 1 aromatic rings. The molecule has 4 heteroatoms. The van der Waals surface area contributed by atoms with Crippen molar-refractivity contribution in [3.63, 3.8) is 0 Å². The normalized spacial score (nSPS) is 23.6. The zero-order valence-electron chi connectivity index (χ0n) is 9.87. The number of hydrogen-bond donors (Lipinski definition) is 2. The number of halogens is 1. The van der Waals surface area contributed by atoms with Crippen LogP contribution in [-0.2, 0) is 0 Å². The molecule has 0 saturated heterocycles. The first-order valence-corrected chi connectivity index (χ1v) is 6.30. The summed E-state index contributed by atoms with van der Waals surface area (Å²) >= 11 is 5.90. The highest BCUT2D eigenvalue weighted by molar-refractivity contribution is 6.33. The molecule has 92 valence electrons. The monoisotopic (exact) mass is 252 g/mol. The Labute approximate surface area is 106 Å². The summed E-state index contributed by atoms with van der Waals surface area (Å²) in [4.78, 5) is 11.2. The van der Waals surface area contributed by atoms with Crippen LogP contribution in [0.1, 0.15) is 36.5 Å². The van der Waals surface area contributed by atoms with Crippen molar-refractivity contribution in [1.82, 2.24) is 0 Å². The molecule has 1 amide bonds. The average molecular weight is 253 g/mol. The lowest BCUT2D eigenvalue weighted by molar-refractivity contribution is 0.100. The van der Waals surface area contributed by atoms with Crippen molar-refractivity contribution in [3.8, 4) is 0 Å². The maximum Gasteiger partial charge on any atom is 0.250 e. The number of amides is 1. The maximum atomic E-state index is 11.2. The highest BCUT2D eigenvalue weighted by atomic mass is 35.5. The number of nitrogens with two attached hydrogens (primary N) is 1. The van der Waals surface area contributed by atoms with E-state index in [1.165, 1.54) is 19.3 Å². The van der Waals surface area contributed by atoms with E-state index in [-0.39, 0.29) is 0 Å². The summed E-state index contributed by atoms with van der Waals surface area (Å²) in [6.07, 6.45) is 3.61. The number of anilines is 1. The lowest BCUT2D eigenvalue weighted by atomic mass is 10.1. The van der Waals surface area contributed by atoms with Crippen LogP contribution in [0.5, 0.6) is 0 Å². The quantitative estimate of drug-likeness (QED) is 0.869. The first-order valence-electron chi connectivity index (χ1n) is 5.92. The second-order valence-electron chi connectivity index (χ2n) is 4.82. The van der Waals surface area contributed by atoms with Crippen LogP contribution in [0, 0.1) is 5.92 Å². The predicted octanol–water partition coefficient (Wildman–Crippen LogP) is 3.04. The van der Waals surface area contributed by atoms with Gasteiger partial charge in [0, 0.05) is 11.7 Å². The first kappa shape index (κ1) is 12.2. The molecule has 0 radical (unpaired) electrons. The van der Waals surface area contributed by atoms with Crippen LogP contribution in [0.2, 0.25) is 5.02 Å². The van der Waals surface area contributed by atoms with Gasteiger partial charge in [0.2, 0.25) is 5.91 Å². The number of carbonyl (C=O) groups excluding carboxylic acids is 1. The molecule has 2 atom stereocenters. The van der Waals surface area contributed by atoms with Gasteiger partial charge in [-0.3, -0.25) is 4.79 Å². The molecule has 1 aromatic carbocycles. The highest BCUT2D eigenvalue weighted by Crippen LogP contribution is 2.28. The lowest BCUT2D eigenvalue weighted by Crippen LogP contribution is -2.17. The number of benzene rings is 1. The van der Waals surface area contributed by atoms with Crippen molar-refractivity contribution in [2.24, 2.45) is 11.7 Å². The highest BCUT2D eigenvalue weighted by Gasteiger charge is 2.21. The van der Waals surface area contributed by atoms with Crippen LogP contribution in [0.3, 0.4) is 0 Å². The summed E-state index contributed by atoms with van der Waals surface area (Å²) in [5, 5.41) is 3.83. The fourth-order valence-corrected chi connectivity index (χ4v) is 2.59. The van der Waals surface area contributed by atoms with Gasteiger partial charge in [-0.25, -0.2) is 0 Å². The second-order valence-corrected chi connectivity index (χ2v) is 5.23. The number of nitrogens with one attached hydrogen (secondary N) is 1. The van der Waals surface area contributed by atoms with Crippen molar-refractivity contribution in [2.45, 2.75) is 32.2 Å². The van der Waals surface area contributed by atoms with E-state index < -0.39 is 5.91 Å². The van der Waals surface area contributed by atoms with Crippen LogP contribution in [0.25, 0.3) is 0 Å². The fraction of sp³-hybridized carbons (Fsp3) is 0.462. The van der Waals surface area contributed by atoms with Gasteiger partial charge in [0.15, 0.2) is 0 Å². The summed E-state index contributed by atoms with van der Waals surface area (Å²) in [6.45, 7) is 2.26. The van der Waals surface area contributed by atoms with Crippen molar-refractivity contribution < 1.29 is 4.79 Å². The second kappa shape index (κ2) is 4.96. The number of carbonyl (C=O) groups is 1. The minimum atomic E-state index is -0.488. The van der Waals surface area contributed by atoms with E-state index in [0.29, 0.717) is 16.6 Å². The molecule has 3 N–H and O–H groups in total. The summed E-state index contributed by atoms with van der Waals surface area (Å²) in [6, 6.07) is 5.82. The van der Waals surface area contributed by atoms with Crippen molar-refractivity contribution in [2.75, 3.05) is 5.32 Å². The Hall–Kier alpha value is -1.22. The minimum absolute atomic E-state index is 0.378. The van der Waals surface area contributed by atoms with Gasteiger partial charge in [-0.05, 0) is 43.4 Å². The minimum Gasteiger partial charge on any atom is -0.382 e. The molecule has 0 bridgehead atoms. The van der Waals surface area contributed by atoms with Gasteiger partial charge in [0.05, 0.1) is 10.6 Å². The van der Waals surface area contributed by atoms with E-state index in [4.69, 9.17) is 17.3 Å². The van der Waals surface area contributed by atoms with E-state index >= 15 is 0 Å². The van der Waals surface area contributed by atoms with Gasteiger partial charge in [-0.1, -0.05) is 18.5 Å². The topological polar surface area (TPSA) is 55.1 Å². The van der Waals surface area contributed by atoms with Crippen LogP contribution in [0.4, 0.5) is 5.69 Å². The first-order chi connectivity index (χ1) is 8.06. The molecule has 1 fully saturated rings. The Morgan fingerprint density at radius 3 is 2.82 bits per heavy atom. The molecule has 3 nitrogen and oxygen atoms in total. The van der Waals surface area contributed by atoms with E-state index in [9.17, 15) is 4.79 Å². The lowest BCUT2D eigenvalue weighted by Gasteiger charge is -2.14. The Morgan fingerprint density at radius 2 is 2.24 bits per heavy atom. The number of rotatable bonds is 3. The van der Waals surface area contributed by atoms with E-state index in [2.05, 4.69) is 12.2 Å². The van der Waals surface area contributed by atoms with Gasteiger partial charge in [0.25, 0.3) is 0 Å². The molecule has 0 aromatic heterocycles. The summed E-state index contributed by atoms with van der Waals surface area (Å²) in [7, 11) is 0. The molecule has 0 heterocycles. The van der Waals surface area contributed by atoms with E-state index in [1.807, 2.05) is 6.07 Å². The summed E-state index contributed by atoms with van der Waals surface area (Å²) in [5.74, 6) is 0.286. The third-order valence-corrected chi connectivity index (χ3v) is 3.63. The molecule has 0 spiro atoms. The van der Waals surface area contributed by atoms with E-state index in [1.54, 1.807) is 12.1 Å². The van der Waals surface area contributed by atoms with Crippen LogP contribution in [-0.4, -0.2) is 11.9 Å². The zero-order chi connectivity index (χ0) is 12.4. The van der Waals surface area contributed by atoms with Crippen LogP contribution < -0.4 is 11.1 Å². The average Bonchev–Trinajstić information content (AvgIpc) is 2.66. The molecule has 2 unspecified atom stereocenters. The smallest absolute Gasteiger partial charge is 0.250 e. The van der Waals surface area contributed by atoms with Gasteiger partial charge < -0.3 is 11.1 Å². The van der Waals surface area contributed by atoms with Gasteiger partial charge >= 0.3 is 0 Å². The molecular formula is C13H17ClN2O. The zero-order valence-corrected chi connectivity index (χ0v) is 10.6. The molecule has 1 aliphatic carbocycles. The van der Waals surface area contributed by atoms with Gasteiger partial charge in [0.1, 0.15) is 0 Å². The van der Waals surface area contributed by atoms with E-state index in [0.717, 1.165) is 11.6 Å². The Morgan fingerprint density at radius 1 is 1.47 bits per heavy atom. The molecule has 2 rings (SSSR count). The van der Waals surface area contributed by atoms with Gasteiger partial charge in [-0.2, -0.15) is 0 Å². The third-order valence-electron chi connectivity index (χ3n) is 3.30. The van der Waals surface area contributed by atoms with Crippen LogP contribution in [0.15, 0.2) is 18.2 Å². The van der Waals surface area contributed by atoms with Crippen molar-refractivity contribution >= 4 is 23.2 Å². The van der Waals surface area contributed by atoms with Crippen molar-refractivity contribution in [1.29, 1.82) is 0 Å². The van der Waals surface area contributed by atoms with Crippen molar-refractivity contribution in [3.05, 3.63) is 28.8 Å². The maximum absolute atomic E-state index is 11.2. The molecule has 17 heavy (non-hydrogen) atoms. The van der Waals surface area contributed by atoms with Gasteiger partial charge in [-0.15, -0.1) is 0 Å².